The second-order valence-electron chi connectivity index (χ2n) is 11.4. The van der Waals surface area contributed by atoms with Crippen LogP contribution in [0.25, 0.3) is 0 Å². The third-order valence-corrected chi connectivity index (χ3v) is 9.90. The van der Waals surface area contributed by atoms with Gasteiger partial charge in [0, 0.05) is 46.5 Å². The number of nitrogens with zero attached hydrogens (tertiary/aromatic N) is 1. The molecular weight excluding hydrogens is 394 g/mol. The number of carbonyl (C=O) groups excluding carboxylic acids is 2. The van der Waals surface area contributed by atoms with Crippen molar-refractivity contribution in [1.82, 2.24) is 0 Å². The molecule has 7 atom stereocenters. The zero-order chi connectivity index (χ0) is 21.8. The summed E-state index contributed by atoms with van der Waals surface area (Å²) in [4.78, 5) is 29.7. The Morgan fingerprint density at radius 1 is 0.719 bits per heavy atom. The Hall–Kier alpha value is -2.42. The molecule has 4 saturated carbocycles. The lowest BCUT2D eigenvalue weighted by Crippen LogP contribution is -2.50. The number of hydrogen-bond donors (Lipinski definition) is 0. The molecule has 3 heteroatoms. The average Bonchev–Trinajstić information content (AvgIpc) is 3.28. The van der Waals surface area contributed by atoms with Crippen molar-refractivity contribution in [1.29, 1.82) is 0 Å². The van der Waals surface area contributed by atoms with E-state index < -0.39 is 0 Å². The van der Waals surface area contributed by atoms with Crippen molar-refractivity contribution < 1.29 is 9.59 Å². The predicted octanol–water partition coefficient (Wildman–Crippen LogP) is 5.67. The van der Waals surface area contributed by atoms with Gasteiger partial charge in [0.05, 0.1) is 0 Å². The molecule has 164 valence electrons. The standard InChI is InChI=1S/C29H31NO2/c1-29(2)19-10-3-5-12-21(19)30(22-13-6-4-11-20(22)29)23-15-14-18-25-24-16(27(18)31)8-7-9-17(24)28(32)26(23)25/h3-6,10-13,16-18,23-26H,7-9,14-15H2,1-2H3. The van der Waals surface area contributed by atoms with Gasteiger partial charge in [-0.15, -0.1) is 0 Å². The van der Waals surface area contributed by atoms with Crippen molar-refractivity contribution in [2.24, 2.45) is 35.5 Å². The molecule has 0 radical (unpaired) electrons. The summed E-state index contributed by atoms with van der Waals surface area (Å²) in [6.45, 7) is 4.63. The summed E-state index contributed by atoms with van der Waals surface area (Å²) >= 11 is 0. The highest BCUT2D eigenvalue weighted by Gasteiger charge is 2.67. The first kappa shape index (κ1) is 19.1. The maximum Gasteiger partial charge on any atom is 0.141 e. The molecule has 0 saturated heterocycles. The third kappa shape index (κ3) is 2.18. The molecule has 0 amide bonds. The number of ketones is 2. The highest BCUT2D eigenvalue weighted by molar-refractivity contribution is 5.96. The molecule has 4 aliphatic carbocycles. The van der Waals surface area contributed by atoms with E-state index in [0.717, 1.165) is 32.1 Å². The van der Waals surface area contributed by atoms with Crippen LogP contribution in [0.3, 0.4) is 0 Å². The van der Waals surface area contributed by atoms with Crippen LogP contribution in [0.2, 0.25) is 0 Å². The molecule has 0 aromatic heterocycles. The molecule has 3 nitrogen and oxygen atoms in total. The zero-order valence-electron chi connectivity index (χ0n) is 19.0. The lowest BCUT2D eigenvalue weighted by Gasteiger charge is -2.49. The van der Waals surface area contributed by atoms with E-state index in [-0.39, 0.29) is 41.0 Å². The van der Waals surface area contributed by atoms with Crippen molar-refractivity contribution in [3.8, 4) is 0 Å². The average molecular weight is 426 g/mol. The van der Waals surface area contributed by atoms with Crippen molar-refractivity contribution in [3.63, 3.8) is 0 Å². The van der Waals surface area contributed by atoms with Gasteiger partial charge in [0.15, 0.2) is 0 Å². The number of carbonyl (C=O) groups is 2. The van der Waals surface area contributed by atoms with Crippen LogP contribution >= 0.6 is 0 Å². The molecule has 5 aliphatic rings. The Kier molecular flexibility index (Phi) is 3.78. The Morgan fingerprint density at radius 3 is 1.94 bits per heavy atom. The van der Waals surface area contributed by atoms with Gasteiger partial charge in [-0.05, 0) is 60.8 Å². The summed E-state index contributed by atoms with van der Waals surface area (Å²) in [5.41, 5.74) is 5.10. The molecule has 7 unspecified atom stereocenters. The minimum atomic E-state index is -0.0804. The third-order valence-electron chi connectivity index (χ3n) is 9.90. The molecule has 0 spiro atoms. The number of para-hydroxylation sites is 2. The van der Waals surface area contributed by atoms with Crippen LogP contribution in [0.5, 0.6) is 0 Å². The van der Waals surface area contributed by atoms with Gasteiger partial charge in [0.1, 0.15) is 11.6 Å². The second kappa shape index (κ2) is 6.34. The Morgan fingerprint density at radius 2 is 1.28 bits per heavy atom. The maximum atomic E-state index is 13.9. The van der Waals surface area contributed by atoms with Crippen LogP contribution in [0.4, 0.5) is 11.4 Å². The molecule has 2 aromatic rings. The SMILES string of the molecule is CC1(C)c2ccccc2N(C2CCC3C(=O)C4CCCC5C(=O)C2C3C45)c2ccccc21. The molecule has 0 N–H and O–H groups in total. The second-order valence-corrected chi connectivity index (χ2v) is 11.4. The van der Waals surface area contributed by atoms with Gasteiger partial charge in [-0.3, -0.25) is 9.59 Å². The minimum Gasteiger partial charge on any atom is -0.337 e. The van der Waals surface area contributed by atoms with Crippen molar-refractivity contribution in [3.05, 3.63) is 59.7 Å². The molecule has 1 heterocycles. The lowest BCUT2D eigenvalue weighted by atomic mass is 9.68. The number of benzene rings is 2. The maximum absolute atomic E-state index is 13.9. The Balaban J connectivity index is 1.40. The summed E-state index contributed by atoms with van der Waals surface area (Å²) in [7, 11) is 0. The topological polar surface area (TPSA) is 37.4 Å². The van der Waals surface area contributed by atoms with E-state index in [0.29, 0.717) is 17.5 Å². The van der Waals surface area contributed by atoms with E-state index in [1.54, 1.807) is 0 Å². The fourth-order valence-electron chi connectivity index (χ4n) is 8.74. The van der Waals surface area contributed by atoms with E-state index in [9.17, 15) is 9.59 Å². The fourth-order valence-corrected chi connectivity index (χ4v) is 8.74. The smallest absolute Gasteiger partial charge is 0.141 e. The van der Waals surface area contributed by atoms with Crippen LogP contribution in [0.15, 0.2) is 48.5 Å². The van der Waals surface area contributed by atoms with Gasteiger partial charge in [0.25, 0.3) is 0 Å². The van der Waals surface area contributed by atoms with E-state index in [4.69, 9.17) is 0 Å². The monoisotopic (exact) mass is 425 g/mol. The normalized spacial score (nSPS) is 38.3. The van der Waals surface area contributed by atoms with Gasteiger partial charge in [-0.1, -0.05) is 56.7 Å². The number of rotatable bonds is 1. The molecule has 0 bridgehead atoms. The van der Waals surface area contributed by atoms with Gasteiger partial charge >= 0.3 is 0 Å². The number of hydrogen-bond acceptors (Lipinski definition) is 3. The van der Waals surface area contributed by atoms with Gasteiger partial charge in [0.2, 0.25) is 0 Å². The minimum absolute atomic E-state index is 0.00174. The Labute approximate surface area is 190 Å². The molecule has 2 aromatic carbocycles. The van der Waals surface area contributed by atoms with Gasteiger partial charge in [-0.2, -0.15) is 0 Å². The Bertz CT molecular complexity index is 1100. The molecule has 32 heavy (non-hydrogen) atoms. The number of fused-ring (bicyclic) bond motifs is 2. The number of Topliss-reactive ketones (excluding diaryl/α,β-unsaturated/α-hetero) is 2. The van der Waals surface area contributed by atoms with Crippen LogP contribution < -0.4 is 4.90 Å². The van der Waals surface area contributed by atoms with Crippen LogP contribution in [-0.4, -0.2) is 17.6 Å². The summed E-state index contributed by atoms with van der Waals surface area (Å²) in [5.74, 6) is 2.00. The summed E-state index contributed by atoms with van der Waals surface area (Å²) in [6, 6.07) is 17.7. The van der Waals surface area contributed by atoms with Gasteiger partial charge < -0.3 is 4.90 Å². The molecule has 1 aliphatic heterocycles. The number of anilines is 2. The highest BCUT2D eigenvalue weighted by Crippen LogP contribution is 2.63. The van der Waals surface area contributed by atoms with Crippen LogP contribution in [0, 0.1) is 35.5 Å². The van der Waals surface area contributed by atoms with E-state index in [1.807, 2.05) is 0 Å². The van der Waals surface area contributed by atoms with Gasteiger partial charge in [-0.25, -0.2) is 0 Å². The first-order valence-corrected chi connectivity index (χ1v) is 12.6. The quantitative estimate of drug-likeness (QED) is 0.590. The molecule has 4 fully saturated rings. The molecule has 7 rings (SSSR count). The van der Waals surface area contributed by atoms with E-state index in [2.05, 4.69) is 67.3 Å². The largest absolute Gasteiger partial charge is 0.337 e. The first-order chi connectivity index (χ1) is 15.5. The predicted molar refractivity (Wildman–Crippen MR) is 125 cm³/mol. The summed E-state index contributed by atoms with van der Waals surface area (Å²) in [5, 5.41) is 0. The molecular formula is C29H31NO2. The lowest BCUT2D eigenvalue weighted by molar-refractivity contribution is -0.132. The highest BCUT2D eigenvalue weighted by atomic mass is 16.1. The van der Waals surface area contributed by atoms with Crippen LogP contribution in [-0.2, 0) is 15.0 Å². The van der Waals surface area contributed by atoms with Crippen molar-refractivity contribution >= 4 is 22.9 Å². The van der Waals surface area contributed by atoms with Crippen LogP contribution in [0.1, 0.15) is 57.1 Å². The van der Waals surface area contributed by atoms with Crippen molar-refractivity contribution in [2.75, 3.05) is 4.90 Å². The summed E-state index contributed by atoms with van der Waals surface area (Å²) in [6.07, 6.45) is 4.94. The fraction of sp³-hybridized carbons (Fsp3) is 0.517. The van der Waals surface area contributed by atoms with Crippen molar-refractivity contribution in [2.45, 2.75) is 57.4 Å². The first-order valence-electron chi connectivity index (χ1n) is 12.6. The van der Waals surface area contributed by atoms with E-state index >= 15 is 0 Å². The summed E-state index contributed by atoms with van der Waals surface area (Å²) < 4.78 is 0. The zero-order valence-corrected chi connectivity index (χ0v) is 19.0. The van der Waals surface area contributed by atoms with E-state index in [1.165, 1.54) is 22.5 Å².